The number of anilines is 1. The van der Waals surface area contributed by atoms with Crippen molar-refractivity contribution < 1.29 is 4.79 Å². The van der Waals surface area contributed by atoms with Gasteiger partial charge < -0.3 is 15.5 Å². The summed E-state index contributed by atoms with van der Waals surface area (Å²) in [6.07, 6.45) is 8.30. The molecule has 0 radical (unpaired) electrons. The van der Waals surface area contributed by atoms with Crippen molar-refractivity contribution in [3.05, 3.63) is 24.0 Å². The van der Waals surface area contributed by atoms with Gasteiger partial charge in [-0.05, 0) is 38.4 Å². The molecule has 5 nitrogen and oxygen atoms in total. The van der Waals surface area contributed by atoms with E-state index in [2.05, 4.69) is 27.4 Å². The van der Waals surface area contributed by atoms with Crippen LogP contribution in [-0.4, -0.2) is 48.5 Å². The number of rotatable bonds is 7. The molecule has 1 aromatic rings. The van der Waals surface area contributed by atoms with E-state index in [1.54, 1.807) is 18.5 Å². The zero-order chi connectivity index (χ0) is 14.9. The number of likely N-dealkylation sites (tertiary alicyclic amines) is 1. The van der Waals surface area contributed by atoms with Gasteiger partial charge in [-0.2, -0.15) is 0 Å². The standard InChI is InChI=1S/C16H26N4O/c1-2-7-18-15-13-17-8-6-14(15)16(21)19-9-12-20-10-4-3-5-11-20/h6,8,13,18H,2-5,7,9-12H2,1H3,(H,19,21). The quantitative estimate of drug-likeness (QED) is 0.807. The molecule has 2 rings (SSSR count). The molecule has 1 amide bonds. The second kappa shape index (κ2) is 8.62. The smallest absolute Gasteiger partial charge is 0.253 e. The van der Waals surface area contributed by atoms with Gasteiger partial charge in [-0.25, -0.2) is 0 Å². The fraction of sp³-hybridized carbons (Fsp3) is 0.625. The Hall–Kier alpha value is -1.62. The average Bonchev–Trinajstić information content (AvgIpc) is 2.54. The molecule has 0 atom stereocenters. The van der Waals surface area contributed by atoms with Gasteiger partial charge in [0.2, 0.25) is 0 Å². The van der Waals surface area contributed by atoms with Crippen molar-refractivity contribution in [3.8, 4) is 0 Å². The molecule has 5 heteroatoms. The predicted molar refractivity (Wildman–Crippen MR) is 85.6 cm³/mol. The largest absolute Gasteiger partial charge is 0.383 e. The zero-order valence-electron chi connectivity index (χ0n) is 12.9. The number of amides is 1. The minimum Gasteiger partial charge on any atom is -0.383 e. The summed E-state index contributed by atoms with van der Waals surface area (Å²) in [5, 5.41) is 6.26. The monoisotopic (exact) mass is 290 g/mol. The van der Waals surface area contributed by atoms with Crippen LogP contribution in [0.4, 0.5) is 5.69 Å². The summed E-state index contributed by atoms with van der Waals surface area (Å²) in [6.45, 7) is 6.91. The Balaban J connectivity index is 1.82. The van der Waals surface area contributed by atoms with Crippen LogP contribution in [0.1, 0.15) is 43.0 Å². The summed E-state index contributed by atoms with van der Waals surface area (Å²) in [4.78, 5) is 18.8. The lowest BCUT2D eigenvalue weighted by Gasteiger charge is -2.26. The van der Waals surface area contributed by atoms with Crippen molar-refractivity contribution in [2.75, 3.05) is 38.0 Å². The Morgan fingerprint density at radius 1 is 1.29 bits per heavy atom. The van der Waals surface area contributed by atoms with Crippen molar-refractivity contribution in [2.24, 2.45) is 0 Å². The number of nitrogens with one attached hydrogen (secondary N) is 2. The first-order valence-electron chi connectivity index (χ1n) is 7.99. The number of hydrogen-bond acceptors (Lipinski definition) is 4. The third-order valence-electron chi connectivity index (χ3n) is 3.79. The molecule has 1 saturated heterocycles. The summed E-state index contributed by atoms with van der Waals surface area (Å²) in [5.74, 6) is -0.0204. The Kier molecular flexibility index (Phi) is 6.47. The Morgan fingerprint density at radius 3 is 2.86 bits per heavy atom. The van der Waals surface area contributed by atoms with Crippen LogP contribution in [0.5, 0.6) is 0 Å². The first-order valence-corrected chi connectivity index (χ1v) is 7.99. The number of hydrogen-bond donors (Lipinski definition) is 2. The van der Waals surface area contributed by atoms with Crippen LogP contribution in [0.15, 0.2) is 18.5 Å². The van der Waals surface area contributed by atoms with Crippen molar-refractivity contribution >= 4 is 11.6 Å². The highest BCUT2D eigenvalue weighted by Crippen LogP contribution is 2.13. The van der Waals surface area contributed by atoms with Crippen molar-refractivity contribution in [3.63, 3.8) is 0 Å². The highest BCUT2D eigenvalue weighted by Gasteiger charge is 2.12. The van der Waals surface area contributed by atoms with Crippen LogP contribution in [0.25, 0.3) is 0 Å². The second-order valence-electron chi connectivity index (χ2n) is 5.51. The van der Waals surface area contributed by atoms with Crippen LogP contribution >= 0.6 is 0 Å². The number of aromatic nitrogens is 1. The number of pyridine rings is 1. The summed E-state index contributed by atoms with van der Waals surface area (Å²) < 4.78 is 0. The minimum atomic E-state index is -0.0204. The second-order valence-corrected chi connectivity index (χ2v) is 5.51. The lowest BCUT2D eigenvalue weighted by molar-refractivity contribution is 0.0947. The van der Waals surface area contributed by atoms with Gasteiger partial charge in [-0.3, -0.25) is 9.78 Å². The van der Waals surface area contributed by atoms with E-state index in [0.29, 0.717) is 12.1 Å². The van der Waals surface area contributed by atoms with Gasteiger partial charge in [0.1, 0.15) is 0 Å². The van der Waals surface area contributed by atoms with Crippen LogP contribution < -0.4 is 10.6 Å². The van der Waals surface area contributed by atoms with Gasteiger partial charge in [0.05, 0.1) is 17.4 Å². The SMILES string of the molecule is CCCNc1cnccc1C(=O)NCCN1CCCCC1. The van der Waals surface area contributed by atoms with Gasteiger partial charge in [-0.15, -0.1) is 0 Å². The van der Waals surface area contributed by atoms with E-state index in [4.69, 9.17) is 0 Å². The summed E-state index contributed by atoms with van der Waals surface area (Å²) >= 11 is 0. The van der Waals surface area contributed by atoms with Crippen LogP contribution in [0, 0.1) is 0 Å². The Morgan fingerprint density at radius 2 is 2.10 bits per heavy atom. The molecule has 0 aliphatic carbocycles. The third kappa shape index (κ3) is 5.01. The Labute approximate surface area is 127 Å². The van der Waals surface area contributed by atoms with E-state index in [1.807, 2.05) is 0 Å². The van der Waals surface area contributed by atoms with Gasteiger partial charge in [0.15, 0.2) is 0 Å². The summed E-state index contributed by atoms with van der Waals surface area (Å²) in [7, 11) is 0. The van der Waals surface area contributed by atoms with Crippen molar-refractivity contribution in [2.45, 2.75) is 32.6 Å². The summed E-state index contributed by atoms with van der Waals surface area (Å²) in [6, 6.07) is 1.77. The van der Waals surface area contributed by atoms with Gasteiger partial charge >= 0.3 is 0 Å². The molecule has 1 aliphatic rings. The number of nitrogens with zero attached hydrogens (tertiary/aromatic N) is 2. The molecule has 116 valence electrons. The normalized spacial score (nSPS) is 15.7. The maximum atomic E-state index is 12.3. The first-order chi connectivity index (χ1) is 10.3. The average molecular weight is 290 g/mol. The van der Waals surface area contributed by atoms with Crippen LogP contribution in [-0.2, 0) is 0 Å². The molecule has 2 N–H and O–H groups in total. The molecule has 0 unspecified atom stereocenters. The van der Waals surface area contributed by atoms with E-state index >= 15 is 0 Å². The Bertz CT molecular complexity index is 444. The molecule has 21 heavy (non-hydrogen) atoms. The van der Waals surface area contributed by atoms with E-state index in [-0.39, 0.29) is 5.91 Å². The van der Waals surface area contributed by atoms with Crippen LogP contribution in [0.2, 0.25) is 0 Å². The molecule has 2 heterocycles. The molecule has 1 aromatic heterocycles. The van der Waals surface area contributed by atoms with Crippen molar-refractivity contribution in [1.82, 2.24) is 15.2 Å². The highest BCUT2D eigenvalue weighted by atomic mass is 16.1. The molecule has 0 aromatic carbocycles. The molecular formula is C16H26N4O. The van der Waals surface area contributed by atoms with E-state index < -0.39 is 0 Å². The van der Waals surface area contributed by atoms with E-state index in [9.17, 15) is 4.79 Å². The van der Waals surface area contributed by atoms with E-state index in [1.165, 1.54) is 19.3 Å². The predicted octanol–water partition coefficient (Wildman–Crippen LogP) is 2.12. The molecule has 0 spiro atoms. The maximum Gasteiger partial charge on any atom is 0.253 e. The number of piperidine rings is 1. The number of carbonyl (C=O) groups excluding carboxylic acids is 1. The highest BCUT2D eigenvalue weighted by molar-refractivity contribution is 5.99. The third-order valence-corrected chi connectivity index (χ3v) is 3.79. The fourth-order valence-electron chi connectivity index (χ4n) is 2.60. The molecular weight excluding hydrogens is 264 g/mol. The van der Waals surface area contributed by atoms with Gasteiger partial charge in [0, 0.05) is 25.8 Å². The molecule has 0 bridgehead atoms. The summed E-state index contributed by atoms with van der Waals surface area (Å²) in [5.41, 5.74) is 1.49. The maximum absolute atomic E-state index is 12.3. The minimum absolute atomic E-state index is 0.0204. The van der Waals surface area contributed by atoms with Crippen molar-refractivity contribution in [1.29, 1.82) is 0 Å². The lowest BCUT2D eigenvalue weighted by atomic mass is 10.1. The topological polar surface area (TPSA) is 57.3 Å². The molecule has 1 aliphatic heterocycles. The number of carbonyl (C=O) groups is 1. The fourth-order valence-corrected chi connectivity index (χ4v) is 2.60. The van der Waals surface area contributed by atoms with Gasteiger partial charge in [-0.1, -0.05) is 13.3 Å². The molecule has 1 fully saturated rings. The molecule has 0 saturated carbocycles. The van der Waals surface area contributed by atoms with Gasteiger partial charge in [0.25, 0.3) is 5.91 Å². The van der Waals surface area contributed by atoms with Crippen LogP contribution in [0.3, 0.4) is 0 Å². The zero-order valence-corrected chi connectivity index (χ0v) is 12.9. The lowest BCUT2D eigenvalue weighted by Crippen LogP contribution is -2.37. The van der Waals surface area contributed by atoms with E-state index in [0.717, 1.165) is 38.3 Å². The first kappa shape index (κ1) is 15.8.